The van der Waals surface area contributed by atoms with Gasteiger partial charge in [0, 0.05) is 23.8 Å². The molecule has 5 atom stereocenters. The smallest absolute Gasteiger partial charge is 0.312 e. The lowest BCUT2D eigenvalue weighted by molar-refractivity contribution is -0.159. The number of likely N-dealkylation sites (tertiary alicyclic amines) is 1. The Bertz CT molecular complexity index is 1060. The van der Waals surface area contributed by atoms with Crippen molar-refractivity contribution in [2.45, 2.75) is 56.3 Å². The lowest BCUT2D eigenvalue weighted by Gasteiger charge is -2.36. The minimum absolute atomic E-state index is 0.0422. The van der Waals surface area contributed by atoms with Crippen molar-refractivity contribution in [3.8, 4) is 0 Å². The van der Waals surface area contributed by atoms with Gasteiger partial charge in [0.25, 0.3) is 5.91 Å². The van der Waals surface area contributed by atoms with E-state index in [1.165, 1.54) is 9.80 Å². The number of unbranched alkanes of at least 4 members (excludes halogenated alkanes) is 2. The summed E-state index contributed by atoms with van der Waals surface area (Å²) in [6.45, 7) is 9.40. The van der Waals surface area contributed by atoms with Gasteiger partial charge in [0.05, 0.1) is 24.7 Å². The van der Waals surface area contributed by atoms with Crippen LogP contribution in [-0.2, 0) is 23.9 Å². The molecule has 2 amide bonds. The molecule has 0 aliphatic carbocycles. The van der Waals surface area contributed by atoms with Crippen LogP contribution in [0.25, 0.3) is 0 Å². The molecule has 0 radical (unpaired) electrons. The molecule has 200 valence electrons. The van der Waals surface area contributed by atoms with Crippen LogP contribution in [0.5, 0.6) is 0 Å². The number of esters is 1. The van der Waals surface area contributed by atoms with E-state index in [9.17, 15) is 19.5 Å². The average molecular weight is 531 g/mol. The number of nitrogens with zero attached hydrogens (tertiary/aromatic N) is 2. The highest BCUT2D eigenvalue weighted by molar-refractivity contribution is 6.30. The van der Waals surface area contributed by atoms with Crippen molar-refractivity contribution in [3.63, 3.8) is 0 Å². The zero-order valence-electron chi connectivity index (χ0n) is 21.2. The van der Waals surface area contributed by atoms with Crippen molar-refractivity contribution in [1.29, 1.82) is 0 Å². The van der Waals surface area contributed by atoms with Crippen LogP contribution in [-0.4, -0.2) is 71.3 Å². The van der Waals surface area contributed by atoms with Crippen molar-refractivity contribution in [2.75, 3.05) is 31.2 Å². The minimum atomic E-state index is -1.18. The van der Waals surface area contributed by atoms with E-state index >= 15 is 0 Å². The van der Waals surface area contributed by atoms with E-state index < -0.39 is 35.0 Å². The van der Waals surface area contributed by atoms with Gasteiger partial charge in [-0.15, -0.1) is 13.2 Å². The summed E-state index contributed by atoms with van der Waals surface area (Å²) >= 11 is 6.06. The van der Waals surface area contributed by atoms with Gasteiger partial charge in [-0.1, -0.05) is 23.8 Å². The van der Waals surface area contributed by atoms with Crippen molar-refractivity contribution < 1.29 is 29.0 Å². The Morgan fingerprint density at radius 1 is 1.24 bits per heavy atom. The highest BCUT2D eigenvalue weighted by atomic mass is 35.5. The van der Waals surface area contributed by atoms with Gasteiger partial charge in [0.1, 0.15) is 17.6 Å². The number of fused-ring (bicyclic) bond motifs is 1. The maximum absolute atomic E-state index is 14.2. The van der Waals surface area contributed by atoms with Gasteiger partial charge >= 0.3 is 5.97 Å². The highest BCUT2D eigenvalue weighted by Crippen LogP contribution is 2.63. The number of aliphatic hydroxyl groups is 1. The molecule has 8 nitrogen and oxygen atoms in total. The number of halogens is 1. The van der Waals surface area contributed by atoms with Gasteiger partial charge in [0.15, 0.2) is 0 Å². The molecular formula is C28H35ClN2O6. The van der Waals surface area contributed by atoms with Gasteiger partial charge in [-0.3, -0.25) is 14.4 Å². The summed E-state index contributed by atoms with van der Waals surface area (Å²) in [5.41, 5.74) is -1.50. The normalized spacial score (nSPS) is 29.8. The summed E-state index contributed by atoms with van der Waals surface area (Å²) in [6.07, 6.45) is 6.78. The number of benzene rings is 1. The molecule has 1 N–H and O–H groups in total. The van der Waals surface area contributed by atoms with E-state index in [0.29, 0.717) is 30.0 Å². The fourth-order valence-electron chi connectivity index (χ4n) is 6.28. The molecule has 0 aromatic heterocycles. The molecule has 1 spiro atoms. The first-order valence-electron chi connectivity index (χ1n) is 12.8. The summed E-state index contributed by atoms with van der Waals surface area (Å²) in [7, 11) is 0. The van der Waals surface area contributed by atoms with E-state index in [1.54, 1.807) is 30.3 Å². The molecule has 1 aromatic carbocycles. The SMILES string of the molecule is C=CCCCCOC(=O)[C@H]1[C@H]2C(=O)N(CCO)C(C(=O)N(CC=C)c3ccc(Cl)cc3)C23CC[C@]1(C)O3. The van der Waals surface area contributed by atoms with Gasteiger partial charge < -0.3 is 24.4 Å². The molecule has 4 rings (SSSR count). The van der Waals surface area contributed by atoms with Gasteiger partial charge in [-0.2, -0.15) is 0 Å². The van der Waals surface area contributed by atoms with Crippen LogP contribution < -0.4 is 4.90 Å². The van der Waals surface area contributed by atoms with E-state index in [0.717, 1.165) is 12.8 Å². The van der Waals surface area contributed by atoms with Crippen LogP contribution in [0.2, 0.25) is 5.02 Å². The lowest BCUT2D eigenvalue weighted by atomic mass is 9.66. The summed E-state index contributed by atoms with van der Waals surface area (Å²) in [5, 5.41) is 10.3. The third kappa shape index (κ3) is 4.71. The highest BCUT2D eigenvalue weighted by Gasteiger charge is 2.78. The summed E-state index contributed by atoms with van der Waals surface area (Å²) < 4.78 is 12.2. The Hall–Kier alpha value is -2.68. The average Bonchev–Trinajstić information content (AvgIpc) is 3.44. The van der Waals surface area contributed by atoms with E-state index in [2.05, 4.69) is 13.2 Å². The summed E-state index contributed by atoms with van der Waals surface area (Å²) in [5.74, 6) is -2.87. The number of amides is 2. The van der Waals surface area contributed by atoms with E-state index in [1.807, 2.05) is 13.0 Å². The third-order valence-corrected chi connectivity index (χ3v) is 8.12. The van der Waals surface area contributed by atoms with Crippen LogP contribution >= 0.6 is 11.6 Å². The molecular weight excluding hydrogens is 496 g/mol. The number of hydrogen-bond donors (Lipinski definition) is 1. The quantitative estimate of drug-likeness (QED) is 0.252. The Morgan fingerprint density at radius 2 is 1.97 bits per heavy atom. The van der Waals surface area contributed by atoms with Gasteiger partial charge in [-0.25, -0.2) is 0 Å². The predicted molar refractivity (Wildman–Crippen MR) is 140 cm³/mol. The molecule has 3 aliphatic rings. The number of carbonyl (C=O) groups is 3. The van der Waals surface area contributed by atoms with Crippen LogP contribution in [0, 0.1) is 11.8 Å². The van der Waals surface area contributed by atoms with Crippen molar-refractivity contribution >= 4 is 35.1 Å². The first kappa shape index (κ1) is 27.4. The molecule has 0 saturated carbocycles. The Balaban J connectivity index is 1.67. The number of aliphatic hydroxyl groups excluding tert-OH is 1. The zero-order valence-corrected chi connectivity index (χ0v) is 22.0. The number of carbonyl (C=O) groups excluding carboxylic acids is 3. The number of β-amino-alcohol motifs (C(OH)–C–C–N with tert-alkyl or cyclic N) is 1. The molecule has 3 aliphatic heterocycles. The number of anilines is 1. The van der Waals surface area contributed by atoms with Crippen molar-refractivity contribution in [2.24, 2.45) is 11.8 Å². The number of hydrogen-bond acceptors (Lipinski definition) is 6. The van der Waals surface area contributed by atoms with Crippen LogP contribution in [0.15, 0.2) is 49.6 Å². The third-order valence-electron chi connectivity index (χ3n) is 7.87. The molecule has 9 heteroatoms. The minimum Gasteiger partial charge on any atom is -0.465 e. The molecule has 2 bridgehead atoms. The Labute approximate surface area is 222 Å². The summed E-state index contributed by atoms with van der Waals surface area (Å²) in [4.78, 5) is 44.3. The Morgan fingerprint density at radius 3 is 2.62 bits per heavy atom. The Kier molecular flexibility index (Phi) is 8.11. The van der Waals surface area contributed by atoms with Gasteiger partial charge in [0.2, 0.25) is 5.91 Å². The second-order valence-corrected chi connectivity index (χ2v) is 10.6. The maximum atomic E-state index is 14.2. The topological polar surface area (TPSA) is 96.4 Å². The molecule has 1 aromatic rings. The lowest BCUT2D eigenvalue weighted by Crippen LogP contribution is -2.56. The predicted octanol–water partition coefficient (Wildman–Crippen LogP) is 3.52. The van der Waals surface area contributed by atoms with Gasteiger partial charge in [-0.05, 0) is 63.3 Å². The molecule has 3 saturated heterocycles. The molecule has 3 fully saturated rings. The fraction of sp³-hybridized carbons (Fsp3) is 0.536. The second-order valence-electron chi connectivity index (χ2n) is 10.1. The monoisotopic (exact) mass is 530 g/mol. The number of ether oxygens (including phenoxy) is 2. The molecule has 2 unspecified atom stereocenters. The van der Waals surface area contributed by atoms with Crippen LogP contribution in [0.3, 0.4) is 0 Å². The first-order valence-corrected chi connectivity index (χ1v) is 13.2. The fourth-order valence-corrected chi connectivity index (χ4v) is 6.41. The van der Waals surface area contributed by atoms with E-state index in [-0.39, 0.29) is 38.1 Å². The van der Waals surface area contributed by atoms with Crippen molar-refractivity contribution in [3.05, 3.63) is 54.6 Å². The van der Waals surface area contributed by atoms with Crippen molar-refractivity contribution in [1.82, 2.24) is 4.90 Å². The van der Waals surface area contributed by atoms with E-state index in [4.69, 9.17) is 21.1 Å². The maximum Gasteiger partial charge on any atom is 0.312 e. The van der Waals surface area contributed by atoms with Crippen LogP contribution in [0.4, 0.5) is 5.69 Å². The second kappa shape index (κ2) is 11.0. The first-order chi connectivity index (χ1) is 17.7. The largest absolute Gasteiger partial charge is 0.465 e. The standard InChI is InChI=1S/C28H35ClN2O6/c1-4-6-7-8-18-36-26(35)22-21-24(33)31(16-17-32)23(28(21)14-13-27(22,3)37-28)25(34)30(15-5-2)20-11-9-19(29)10-12-20/h4-5,9-12,21-23,32H,1-2,6-8,13-18H2,3H3/t21-,22+,23?,27-,28?/m0/s1. The molecule has 37 heavy (non-hydrogen) atoms. The zero-order chi connectivity index (χ0) is 26.8. The van der Waals surface area contributed by atoms with Crippen LogP contribution in [0.1, 0.15) is 39.0 Å². The molecule has 3 heterocycles. The summed E-state index contributed by atoms with van der Waals surface area (Å²) in [6, 6.07) is 5.83. The number of allylic oxidation sites excluding steroid dienone is 1. The number of rotatable bonds is 12.